The third-order valence-electron chi connectivity index (χ3n) is 5.66. The lowest BCUT2D eigenvalue weighted by Crippen LogP contribution is -2.51. The minimum atomic E-state index is 0.0525. The van der Waals surface area contributed by atoms with E-state index in [0.29, 0.717) is 0 Å². The van der Waals surface area contributed by atoms with Gasteiger partial charge in [0, 0.05) is 50.0 Å². The van der Waals surface area contributed by atoms with E-state index >= 15 is 0 Å². The molecule has 0 aliphatic carbocycles. The first kappa shape index (κ1) is 18.9. The second kappa shape index (κ2) is 8.29. The molecule has 0 N–H and O–H groups in total. The summed E-state index contributed by atoms with van der Waals surface area (Å²) >= 11 is 0. The number of carbonyl (C=O) groups is 1. The van der Waals surface area contributed by atoms with E-state index in [2.05, 4.69) is 50.8 Å². The second-order valence-corrected chi connectivity index (χ2v) is 7.83. The van der Waals surface area contributed by atoms with E-state index < -0.39 is 0 Å². The molecule has 1 aromatic heterocycles. The van der Waals surface area contributed by atoms with Crippen LogP contribution in [0.4, 0.5) is 5.82 Å². The summed E-state index contributed by atoms with van der Waals surface area (Å²) in [6, 6.07) is 14.2. The Kier molecular flexibility index (Phi) is 5.59. The van der Waals surface area contributed by atoms with Gasteiger partial charge in [-0.15, -0.1) is 0 Å². The van der Waals surface area contributed by atoms with Gasteiger partial charge in [0.2, 0.25) is 0 Å². The summed E-state index contributed by atoms with van der Waals surface area (Å²) in [5, 5.41) is 0. The molecule has 4 rings (SSSR count). The Morgan fingerprint density at radius 2 is 1.79 bits per heavy atom. The molecule has 6 heteroatoms. The summed E-state index contributed by atoms with van der Waals surface area (Å²) in [5.74, 6) is 1.21. The van der Waals surface area contributed by atoms with E-state index in [9.17, 15) is 4.79 Å². The summed E-state index contributed by atoms with van der Waals surface area (Å²) in [4.78, 5) is 26.6. The third kappa shape index (κ3) is 3.75. The zero-order valence-electron chi connectivity index (χ0n) is 16.8. The average Bonchev–Trinajstić information content (AvgIpc) is 3.01. The molecule has 0 radical (unpaired) electrons. The van der Waals surface area contributed by atoms with Gasteiger partial charge in [0.15, 0.2) is 0 Å². The fourth-order valence-electron chi connectivity index (χ4n) is 4.26. The number of benzene rings is 1. The number of carbonyl (C=O) groups excluding carboxylic acids is 1. The first-order chi connectivity index (χ1) is 13.6. The van der Waals surface area contributed by atoms with Crippen LogP contribution in [-0.4, -0.2) is 79.0 Å². The molecule has 2 aliphatic heterocycles. The highest BCUT2D eigenvalue weighted by molar-refractivity contribution is 5.99. The van der Waals surface area contributed by atoms with Crippen molar-refractivity contribution in [1.82, 2.24) is 19.7 Å². The number of hydrogen-bond acceptors (Lipinski definition) is 5. The quantitative estimate of drug-likeness (QED) is 0.771. The predicted octanol–water partition coefficient (Wildman–Crippen LogP) is 2.31. The maximum absolute atomic E-state index is 13.1. The van der Waals surface area contributed by atoms with Crippen LogP contribution >= 0.6 is 0 Å². The first-order valence-electron chi connectivity index (χ1n) is 10.1. The van der Waals surface area contributed by atoms with Crippen molar-refractivity contribution >= 4 is 11.7 Å². The molecule has 28 heavy (non-hydrogen) atoms. The molecule has 0 bridgehead atoms. The van der Waals surface area contributed by atoms with Gasteiger partial charge in [0.1, 0.15) is 12.0 Å². The Labute approximate surface area is 167 Å². The fourth-order valence-corrected chi connectivity index (χ4v) is 4.26. The van der Waals surface area contributed by atoms with Crippen molar-refractivity contribution in [3.63, 3.8) is 0 Å². The van der Waals surface area contributed by atoms with E-state index in [1.807, 2.05) is 36.5 Å². The Morgan fingerprint density at radius 1 is 1.04 bits per heavy atom. The van der Waals surface area contributed by atoms with Gasteiger partial charge in [-0.1, -0.05) is 24.3 Å². The van der Waals surface area contributed by atoms with Crippen molar-refractivity contribution in [3.8, 4) is 0 Å². The standard InChI is InChI=1S/C22H29N5O/c1-24(2)12-7-13-27-21(18-8-3-4-9-19(18)22(27)28)26-16-14-25(15-17-26)20-10-5-6-11-23-20/h3-6,8-11,21H,7,12-17H2,1-2H3. The molecule has 0 spiro atoms. The molecule has 6 nitrogen and oxygen atoms in total. The minimum absolute atomic E-state index is 0.0525. The number of aromatic nitrogens is 1. The van der Waals surface area contributed by atoms with Crippen LogP contribution in [0.3, 0.4) is 0 Å². The molecule has 148 valence electrons. The van der Waals surface area contributed by atoms with Crippen molar-refractivity contribution in [2.75, 3.05) is 58.3 Å². The van der Waals surface area contributed by atoms with Crippen LogP contribution in [0.15, 0.2) is 48.7 Å². The largest absolute Gasteiger partial charge is 0.354 e. The topological polar surface area (TPSA) is 42.9 Å². The Morgan fingerprint density at radius 3 is 2.50 bits per heavy atom. The highest BCUT2D eigenvalue weighted by Gasteiger charge is 2.40. The number of nitrogens with zero attached hydrogens (tertiary/aromatic N) is 5. The number of hydrogen-bond donors (Lipinski definition) is 0. The Balaban J connectivity index is 1.50. The number of pyridine rings is 1. The summed E-state index contributed by atoms with van der Waals surface area (Å²) in [7, 11) is 4.16. The van der Waals surface area contributed by atoms with Crippen molar-refractivity contribution in [2.45, 2.75) is 12.6 Å². The summed E-state index contributed by atoms with van der Waals surface area (Å²) in [6.45, 7) is 5.47. The van der Waals surface area contributed by atoms with Crippen molar-refractivity contribution < 1.29 is 4.79 Å². The monoisotopic (exact) mass is 379 g/mol. The highest BCUT2D eigenvalue weighted by Crippen LogP contribution is 2.36. The molecule has 2 aliphatic rings. The van der Waals surface area contributed by atoms with Crippen LogP contribution in [0.1, 0.15) is 28.5 Å². The SMILES string of the molecule is CN(C)CCCN1C(=O)c2ccccc2C1N1CCN(c2ccccn2)CC1. The van der Waals surface area contributed by atoms with Gasteiger partial charge in [0.05, 0.1) is 0 Å². The van der Waals surface area contributed by atoms with Gasteiger partial charge in [0.25, 0.3) is 5.91 Å². The molecule has 3 heterocycles. The molecule has 2 aromatic rings. The lowest BCUT2D eigenvalue weighted by Gasteiger charge is -2.41. The molecule has 1 unspecified atom stereocenters. The third-order valence-corrected chi connectivity index (χ3v) is 5.66. The van der Waals surface area contributed by atoms with Gasteiger partial charge in [-0.25, -0.2) is 4.98 Å². The second-order valence-electron chi connectivity index (χ2n) is 7.83. The molecule has 1 aromatic carbocycles. The minimum Gasteiger partial charge on any atom is -0.354 e. The Bertz CT molecular complexity index is 802. The smallest absolute Gasteiger partial charge is 0.255 e. The summed E-state index contributed by atoms with van der Waals surface area (Å²) < 4.78 is 0. The Hall–Kier alpha value is -2.44. The number of rotatable bonds is 6. The lowest BCUT2D eigenvalue weighted by atomic mass is 10.1. The fraction of sp³-hybridized carbons (Fsp3) is 0.455. The molecule has 1 amide bonds. The predicted molar refractivity (Wildman–Crippen MR) is 111 cm³/mol. The van der Waals surface area contributed by atoms with Gasteiger partial charge < -0.3 is 14.7 Å². The van der Waals surface area contributed by atoms with Crippen LogP contribution < -0.4 is 4.90 Å². The van der Waals surface area contributed by atoms with Gasteiger partial charge >= 0.3 is 0 Å². The van der Waals surface area contributed by atoms with Gasteiger partial charge in [-0.05, 0) is 45.3 Å². The van der Waals surface area contributed by atoms with E-state index in [1.165, 1.54) is 0 Å². The van der Waals surface area contributed by atoms with E-state index in [1.54, 1.807) is 0 Å². The normalized spacial score (nSPS) is 20.1. The summed E-state index contributed by atoms with van der Waals surface area (Å²) in [6.07, 6.45) is 2.88. The van der Waals surface area contributed by atoms with Crippen molar-refractivity contribution in [2.24, 2.45) is 0 Å². The molecular formula is C22H29N5O. The van der Waals surface area contributed by atoms with Crippen LogP contribution in [0.25, 0.3) is 0 Å². The molecule has 1 saturated heterocycles. The van der Waals surface area contributed by atoms with E-state index in [0.717, 1.165) is 62.6 Å². The van der Waals surface area contributed by atoms with E-state index in [4.69, 9.17) is 0 Å². The van der Waals surface area contributed by atoms with Gasteiger partial charge in [-0.3, -0.25) is 9.69 Å². The number of piperazine rings is 1. The van der Waals surface area contributed by atoms with Crippen LogP contribution in [0.5, 0.6) is 0 Å². The number of anilines is 1. The molecule has 0 saturated carbocycles. The molecule has 1 atom stereocenters. The average molecular weight is 380 g/mol. The van der Waals surface area contributed by atoms with Crippen LogP contribution in [0, 0.1) is 0 Å². The van der Waals surface area contributed by atoms with Crippen molar-refractivity contribution in [1.29, 1.82) is 0 Å². The zero-order chi connectivity index (χ0) is 19.5. The van der Waals surface area contributed by atoms with E-state index in [-0.39, 0.29) is 12.1 Å². The maximum atomic E-state index is 13.1. The maximum Gasteiger partial charge on any atom is 0.255 e. The van der Waals surface area contributed by atoms with Crippen molar-refractivity contribution in [3.05, 3.63) is 59.8 Å². The zero-order valence-corrected chi connectivity index (χ0v) is 16.8. The summed E-state index contributed by atoms with van der Waals surface area (Å²) in [5.41, 5.74) is 2.02. The number of fused-ring (bicyclic) bond motifs is 1. The van der Waals surface area contributed by atoms with Gasteiger partial charge in [-0.2, -0.15) is 0 Å². The first-order valence-corrected chi connectivity index (χ1v) is 10.1. The van der Waals surface area contributed by atoms with Crippen LogP contribution in [0.2, 0.25) is 0 Å². The van der Waals surface area contributed by atoms with Crippen LogP contribution in [-0.2, 0) is 0 Å². The molecule has 1 fully saturated rings. The lowest BCUT2D eigenvalue weighted by molar-refractivity contribution is 0.0361. The highest BCUT2D eigenvalue weighted by atomic mass is 16.2. The molecular weight excluding hydrogens is 350 g/mol. The number of amides is 1.